The molecule has 0 spiro atoms. The largest absolute Gasteiger partial charge is 0.573 e. The third-order valence-electron chi connectivity index (χ3n) is 1.59. The van der Waals surface area contributed by atoms with E-state index in [1.165, 1.54) is 13.0 Å². The average molecular weight is 235 g/mol. The van der Waals surface area contributed by atoms with Gasteiger partial charge in [-0.3, -0.25) is 0 Å². The molecule has 0 unspecified atom stereocenters. The molecular formula is C9H8F3NO3. The lowest BCUT2D eigenvalue weighted by Crippen LogP contribution is -2.18. The van der Waals surface area contributed by atoms with Crippen molar-refractivity contribution < 1.29 is 27.4 Å². The van der Waals surface area contributed by atoms with Gasteiger partial charge in [0.15, 0.2) is 0 Å². The molecule has 0 aliphatic rings. The molecule has 1 amide bonds. The monoisotopic (exact) mass is 235 g/mol. The zero-order valence-corrected chi connectivity index (χ0v) is 8.17. The Balaban J connectivity index is 2.87. The Labute approximate surface area is 88.8 Å². The predicted molar refractivity (Wildman–Crippen MR) is 48.1 cm³/mol. The smallest absolute Gasteiger partial charge is 0.410 e. The van der Waals surface area contributed by atoms with Gasteiger partial charge >= 0.3 is 12.5 Å². The Kier molecular flexibility index (Phi) is 3.26. The molecule has 0 saturated carbocycles. The fourth-order valence-corrected chi connectivity index (χ4v) is 1.04. The number of benzene rings is 1. The lowest BCUT2D eigenvalue weighted by Gasteiger charge is -2.10. The summed E-state index contributed by atoms with van der Waals surface area (Å²) in [4.78, 5) is 10.4. The van der Waals surface area contributed by atoms with Crippen LogP contribution < -0.4 is 15.2 Å². The van der Waals surface area contributed by atoms with E-state index in [1.807, 2.05) is 0 Å². The number of halogens is 3. The molecule has 4 nitrogen and oxygen atoms in total. The maximum absolute atomic E-state index is 11.9. The first-order valence-corrected chi connectivity index (χ1v) is 4.11. The van der Waals surface area contributed by atoms with Crippen molar-refractivity contribution >= 4 is 6.09 Å². The molecule has 0 radical (unpaired) electrons. The number of alkyl halides is 3. The fraction of sp³-hybridized carbons (Fsp3) is 0.222. The summed E-state index contributed by atoms with van der Waals surface area (Å²) < 4.78 is 43.8. The van der Waals surface area contributed by atoms with Crippen LogP contribution in [0.15, 0.2) is 18.2 Å². The summed E-state index contributed by atoms with van der Waals surface area (Å²) in [6.45, 7) is 1.46. The first-order chi connectivity index (χ1) is 7.28. The lowest BCUT2D eigenvalue weighted by molar-refractivity contribution is -0.274. The van der Waals surface area contributed by atoms with Gasteiger partial charge in [0.2, 0.25) is 0 Å². The van der Waals surface area contributed by atoms with Crippen molar-refractivity contribution in [3.05, 3.63) is 23.8 Å². The predicted octanol–water partition coefficient (Wildman–Crippen LogP) is 2.35. The van der Waals surface area contributed by atoms with Gasteiger partial charge in [0.05, 0.1) is 0 Å². The number of carbonyl (C=O) groups is 1. The van der Waals surface area contributed by atoms with Crippen molar-refractivity contribution in [2.45, 2.75) is 13.3 Å². The van der Waals surface area contributed by atoms with Crippen LogP contribution in [-0.2, 0) is 0 Å². The lowest BCUT2D eigenvalue weighted by atomic mass is 10.2. The molecule has 0 aliphatic heterocycles. The van der Waals surface area contributed by atoms with E-state index >= 15 is 0 Å². The van der Waals surface area contributed by atoms with Gasteiger partial charge in [0.25, 0.3) is 0 Å². The molecule has 1 rings (SSSR count). The van der Waals surface area contributed by atoms with Gasteiger partial charge in [0, 0.05) is 0 Å². The van der Waals surface area contributed by atoms with Gasteiger partial charge in [-0.15, -0.1) is 13.2 Å². The van der Waals surface area contributed by atoms with Crippen LogP contribution in [0.1, 0.15) is 5.56 Å². The summed E-state index contributed by atoms with van der Waals surface area (Å²) in [5.74, 6) is -0.302. The van der Waals surface area contributed by atoms with E-state index in [1.54, 1.807) is 0 Å². The first-order valence-electron chi connectivity index (χ1n) is 4.11. The van der Waals surface area contributed by atoms with E-state index < -0.39 is 12.5 Å². The highest BCUT2D eigenvalue weighted by molar-refractivity contribution is 5.68. The molecule has 16 heavy (non-hydrogen) atoms. The van der Waals surface area contributed by atoms with Crippen LogP contribution in [0.2, 0.25) is 0 Å². The molecule has 0 aromatic heterocycles. The van der Waals surface area contributed by atoms with E-state index in [0.29, 0.717) is 5.56 Å². The van der Waals surface area contributed by atoms with Crippen molar-refractivity contribution in [3.63, 3.8) is 0 Å². The van der Waals surface area contributed by atoms with E-state index in [2.05, 4.69) is 9.47 Å². The Morgan fingerprint density at radius 3 is 2.44 bits per heavy atom. The normalized spacial score (nSPS) is 11.0. The Hall–Kier alpha value is -1.92. The third kappa shape index (κ3) is 3.68. The summed E-state index contributed by atoms with van der Waals surface area (Å²) in [6, 6.07) is 3.28. The van der Waals surface area contributed by atoms with Crippen LogP contribution in [0, 0.1) is 6.92 Å². The van der Waals surface area contributed by atoms with Crippen molar-refractivity contribution in [2.75, 3.05) is 0 Å². The van der Waals surface area contributed by atoms with E-state index in [4.69, 9.17) is 5.73 Å². The minimum atomic E-state index is -4.75. The minimum Gasteiger partial charge on any atom is -0.410 e. The average Bonchev–Trinajstić information content (AvgIpc) is 2.06. The fourth-order valence-electron chi connectivity index (χ4n) is 1.04. The third-order valence-corrected chi connectivity index (χ3v) is 1.59. The summed E-state index contributed by atoms with van der Waals surface area (Å²) >= 11 is 0. The number of rotatable bonds is 2. The van der Waals surface area contributed by atoms with Crippen LogP contribution in [0.5, 0.6) is 11.5 Å². The van der Waals surface area contributed by atoms with Crippen LogP contribution >= 0.6 is 0 Å². The molecule has 0 saturated heterocycles. The highest BCUT2D eigenvalue weighted by atomic mass is 19.4. The number of hydrogen-bond acceptors (Lipinski definition) is 3. The van der Waals surface area contributed by atoms with Crippen LogP contribution in [0.4, 0.5) is 18.0 Å². The van der Waals surface area contributed by atoms with Crippen LogP contribution in [0.25, 0.3) is 0 Å². The second-order valence-corrected chi connectivity index (χ2v) is 2.90. The van der Waals surface area contributed by atoms with E-state index in [-0.39, 0.29) is 11.5 Å². The van der Waals surface area contributed by atoms with Crippen molar-refractivity contribution in [1.29, 1.82) is 0 Å². The van der Waals surface area contributed by atoms with Crippen LogP contribution in [-0.4, -0.2) is 12.5 Å². The Bertz CT molecular complexity index is 403. The van der Waals surface area contributed by atoms with Crippen molar-refractivity contribution in [1.82, 2.24) is 0 Å². The number of hydrogen-bond donors (Lipinski definition) is 1. The molecule has 88 valence electrons. The Morgan fingerprint density at radius 1 is 1.38 bits per heavy atom. The van der Waals surface area contributed by atoms with Gasteiger partial charge < -0.3 is 15.2 Å². The highest BCUT2D eigenvalue weighted by Crippen LogP contribution is 2.27. The minimum absolute atomic E-state index is 0.0852. The molecule has 7 heteroatoms. The molecular weight excluding hydrogens is 227 g/mol. The van der Waals surface area contributed by atoms with Gasteiger partial charge in [-0.1, -0.05) is 0 Å². The summed E-state index contributed by atoms with van der Waals surface area (Å²) in [5.41, 5.74) is 5.07. The zero-order valence-electron chi connectivity index (χ0n) is 8.17. The topological polar surface area (TPSA) is 61.6 Å². The number of primary amides is 1. The second kappa shape index (κ2) is 4.30. The quantitative estimate of drug-likeness (QED) is 0.855. The molecule has 2 N–H and O–H groups in total. The molecule has 0 fully saturated rings. The van der Waals surface area contributed by atoms with Gasteiger partial charge in [-0.05, 0) is 30.7 Å². The van der Waals surface area contributed by atoms with Crippen molar-refractivity contribution in [3.8, 4) is 11.5 Å². The highest BCUT2D eigenvalue weighted by Gasteiger charge is 2.31. The number of aryl methyl sites for hydroxylation is 1. The molecule has 1 aromatic carbocycles. The van der Waals surface area contributed by atoms with E-state index in [9.17, 15) is 18.0 Å². The van der Waals surface area contributed by atoms with Crippen LogP contribution in [0.3, 0.4) is 0 Å². The van der Waals surface area contributed by atoms with Gasteiger partial charge in [-0.2, -0.15) is 0 Å². The Morgan fingerprint density at radius 2 is 2.00 bits per heavy atom. The maximum atomic E-state index is 11.9. The summed E-state index contributed by atoms with van der Waals surface area (Å²) in [7, 11) is 0. The number of amides is 1. The summed E-state index contributed by atoms with van der Waals surface area (Å²) in [6.07, 6.45) is -5.79. The molecule has 0 atom stereocenters. The molecule has 1 aromatic rings. The molecule has 0 bridgehead atoms. The van der Waals surface area contributed by atoms with Crippen molar-refractivity contribution in [2.24, 2.45) is 5.73 Å². The van der Waals surface area contributed by atoms with Gasteiger partial charge in [-0.25, -0.2) is 4.79 Å². The SMILES string of the molecule is Cc1cc(OC(F)(F)F)ccc1OC(N)=O. The molecule has 0 aliphatic carbocycles. The van der Waals surface area contributed by atoms with Gasteiger partial charge in [0.1, 0.15) is 11.5 Å². The second-order valence-electron chi connectivity index (χ2n) is 2.90. The summed E-state index contributed by atoms with van der Waals surface area (Å²) in [5, 5.41) is 0. The zero-order chi connectivity index (χ0) is 12.3. The first kappa shape index (κ1) is 12.2. The standard InChI is InChI=1S/C9H8F3NO3/c1-5-4-6(16-9(10,11)12)2-3-7(5)15-8(13)14/h2-4H,1H3,(H2,13,14). The molecule has 0 heterocycles. The maximum Gasteiger partial charge on any atom is 0.573 e. The van der Waals surface area contributed by atoms with E-state index in [0.717, 1.165) is 12.1 Å². The number of carbonyl (C=O) groups excluding carboxylic acids is 1. The number of ether oxygens (including phenoxy) is 2. The number of nitrogens with two attached hydrogens (primary N) is 1.